The molecular formula is C15H30N2O3. The molecule has 0 heterocycles. The van der Waals surface area contributed by atoms with E-state index >= 15 is 0 Å². The first-order chi connectivity index (χ1) is 9.15. The zero-order valence-corrected chi connectivity index (χ0v) is 13.4. The van der Waals surface area contributed by atoms with E-state index in [-0.39, 0.29) is 24.2 Å². The maximum absolute atomic E-state index is 11.9. The molecule has 0 aliphatic rings. The second-order valence-corrected chi connectivity index (χ2v) is 6.44. The fraction of sp³-hybridized carbons (Fsp3) is 0.867. The van der Waals surface area contributed by atoms with E-state index in [0.29, 0.717) is 24.8 Å². The molecule has 0 rings (SSSR count). The molecule has 118 valence electrons. The average molecular weight is 286 g/mol. The SMILES string of the molecule is CC(C)CCC(=O)N(N)CC(CC(=O)O)C(C)C(C)C. The molecule has 0 radical (unpaired) electrons. The largest absolute Gasteiger partial charge is 0.481 e. The van der Waals surface area contributed by atoms with Gasteiger partial charge in [-0.3, -0.25) is 14.6 Å². The summed E-state index contributed by atoms with van der Waals surface area (Å²) in [6.07, 6.45) is 1.27. The van der Waals surface area contributed by atoms with Crippen molar-refractivity contribution >= 4 is 11.9 Å². The van der Waals surface area contributed by atoms with Crippen LogP contribution in [0.3, 0.4) is 0 Å². The summed E-state index contributed by atoms with van der Waals surface area (Å²) in [4.78, 5) is 22.9. The Labute approximate surface area is 122 Å². The third kappa shape index (κ3) is 7.48. The molecule has 0 aromatic carbocycles. The first-order valence-corrected chi connectivity index (χ1v) is 7.42. The number of carbonyl (C=O) groups is 2. The van der Waals surface area contributed by atoms with Gasteiger partial charge in [-0.1, -0.05) is 34.6 Å². The van der Waals surface area contributed by atoms with Crippen molar-refractivity contribution in [2.24, 2.45) is 29.5 Å². The van der Waals surface area contributed by atoms with Crippen molar-refractivity contribution in [3.8, 4) is 0 Å². The molecule has 2 atom stereocenters. The second-order valence-electron chi connectivity index (χ2n) is 6.44. The number of carboxylic acids is 1. The van der Waals surface area contributed by atoms with Crippen molar-refractivity contribution in [1.82, 2.24) is 5.01 Å². The summed E-state index contributed by atoms with van der Waals surface area (Å²) in [6, 6.07) is 0. The molecule has 0 aliphatic heterocycles. The summed E-state index contributed by atoms with van der Waals surface area (Å²) < 4.78 is 0. The molecule has 1 amide bonds. The molecule has 5 heteroatoms. The number of amides is 1. The number of nitrogens with two attached hydrogens (primary N) is 1. The van der Waals surface area contributed by atoms with Crippen LogP contribution in [-0.4, -0.2) is 28.5 Å². The fourth-order valence-electron chi connectivity index (χ4n) is 2.10. The molecule has 0 aliphatic carbocycles. The minimum Gasteiger partial charge on any atom is -0.481 e. The van der Waals surface area contributed by atoms with Gasteiger partial charge in [-0.2, -0.15) is 0 Å². The number of hydrogen-bond donors (Lipinski definition) is 2. The van der Waals surface area contributed by atoms with Crippen molar-refractivity contribution in [3.05, 3.63) is 0 Å². The van der Waals surface area contributed by atoms with E-state index in [2.05, 4.69) is 27.7 Å². The van der Waals surface area contributed by atoms with E-state index in [4.69, 9.17) is 10.9 Å². The summed E-state index contributed by atoms with van der Waals surface area (Å²) in [5.74, 6) is 5.77. The van der Waals surface area contributed by atoms with Crippen LogP contribution in [0.25, 0.3) is 0 Å². The van der Waals surface area contributed by atoms with Crippen molar-refractivity contribution in [1.29, 1.82) is 0 Å². The first-order valence-electron chi connectivity index (χ1n) is 7.42. The van der Waals surface area contributed by atoms with Gasteiger partial charge in [-0.25, -0.2) is 5.84 Å². The second kappa shape index (κ2) is 8.95. The molecule has 2 unspecified atom stereocenters. The van der Waals surface area contributed by atoms with Crippen LogP contribution in [0.4, 0.5) is 0 Å². The Kier molecular flexibility index (Phi) is 8.46. The van der Waals surface area contributed by atoms with E-state index in [1.165, 1.54) is 5.01 Å². The van der Waals surface area contributed by atoms with Crippen LogP contribution < -0.4 is 5.84 Å². The molecular weight excluding hydrogens is 256 g/mol. The molecule has 5 nitrogen and oxygen atoms in total. The normalized spacial score (nSPS) is 14.4. The predicted molar refractivity (Wildman–Crippen MR) is 79.7 cm³/mol. The van der Waals surface area contributed by atoms with Gasteiger partial charge in [0.15, 0.2) is 0 Å². The highest BCUT2D eigenvalue weighted by Crippen LogP contribution is 2.24. The van der Waals surface area contributed by atoms with Crippen LogP contribution in [0.5, 0.6) is 0 Å². The maximum Gasteiger partial charge on any atom is 0.303 e. The van der Waals surface area contributed by atoms with Gasteiger partial charge in [-0.15, -0.1) is 0 Å². The zero-order valence-electron chi connectivity index (χ0n) is 13.4. The molecule has 0 saturated carbocycles. The lowest BCUT2D eigenvalue weighted by Gasteiger charge is -2.29. The summed E-state index contributed by atoms with van der Waals surface area (Å²) in [5.41, 5.74) is 0. The summed E-state index contributed by atoms with van der Waals surface area (Å²) >= 11 is 0. The number of rotatable bonds is 9. The Bertz CT molecular complexity index is 316. The highest BCUT2D eigenvalue weighted by molar-refractivity contribution is 5.75. The molecule has 0 aromatic rings. The lowest BCUT2D eigenvalue weighted by molar-refractivity contribution is -0.140. The minimum absolute atomic E-state index is 0.0461. The molecule has 20 heavy (non-hydrogen) atoms. The van der Waals surface area contributed by atoms with Gasteiger partial charge >= 0.3 is 5.97 Å². The average Bonchev–Trinajstić information content (AvgIpc) is 2.33. The van der Waals surface area contributed by atoms with Crippen molar-refractivity contribution in [2.45, 2.75) is 53.9 Å². The van der Waals surface area contributed by atoms with E-state index < -0.39 is 5.97 Å². The number of carbonyl (C=O) groups excluding carboxylic acids is 1. The fourth-order valence-corrected chi connectivity index (χ4v) is 2.10. The molecule has 0 bridgehead atoms. The Morgan fingerprint density at radius 3 is 2.10 bits per heavy atom. The van der Waals surface area contributed by atoms with Gasteiger partial charge < -0.3 is 5.11 Å². The summed E-state index contributed by atoms with van der Waals surface area (Å²) in [6.45, 7) is 10.6. The van der Waals surface area contributed by atoms with Gasteiger partial charge in [0.05, 0.1) is 6.42 Å². The number of aliphatic carboxylic acids is 1. The van der Waals surface area contributed by atoms with Gasteiger partial charge in [0, 0.05) is 13.0 Å². The zero-order chi connectivity index (χ0) is 15.9. The highest BCUT2D eigenvalue weighted by atomic mass is 16.4. The quantitative estimate of drug-likeness (QED) is 0.387. The van der Waals surface area contributed by atoms with Gasteiger partial charge in [0.2, 0.25) is 5.91 Å². The van der Waals surface area contributed by atoms with Crippen LogP contribution in [0.2, 0.25) is 0 Å². The number of hydrogen-bond acceptors (Lipinski definition) is 3. The van der Waals surface area contributed by atoms with Crippen LogP contribution in [0, 0.1) is 23.7 Å². The minimum atomic E-state index is -0.842. The Balaban J connectivity index is 4.55. The maximum atomic E-state index is 11.9. The standard InChI is InChI=1S/C15H30N2O3/c1-10(2)6-7-14(18)17(16)9-13(8-15(19)20)12(5)11(3)4/h10-13H,6-9,16H2,1-5H3,(H,19,20). The monoisotopic (exact) mass is 286 g/mol. The van der Waals surface area contributed by atoms with Gasteiger partial charge in [0.1, 0.15) is 0 Å². The molecule has 0 saturated heterocycles. The predicted octanol–water partition coefficient (Wildman–Crippen LogP) is 2.51. The van der Waals surface area contributed by atoms with E-state index in [1.54, 1.807) is 0 Å². The first kappa shape index (κ1) is 18.9. The highest BCUT2D eigenvalue weighted by Gasteiger charge is 2.26. The van der Waals surface area contributed by atoms with E-state index in [1.807, 2.05) is 6.92 Å². The molecule has 0 fully saturated rings. The van der Waals surface area contributed by atoms with Crippen molar-refractivity contribution in [2.75, 3.05) is 6.54 Å². The summed E-state index contributed by atoms with van der Waals surface area (Å²) in [7, 11) is 0. The van der Waals surface area contributed by atoms with Crippen molar-refractivity contribution < 1.29 is 14.7 Å². The molecule has 0 aromatic heterocycles. The third-order valence-electron chi connectivity index (χ3n) is 3.92. The third-order valence-corrected chi connectivity index (χ3v) is 3.92. The Morgan fingerprint density at radius 1 is 1.15 bits per heavy atom. The lowest BCUT2D eigenvalue weighted by Crippen LogP contribution is -2.43. The Hall–Kier alpha value is -1.10. The smallest absolute Gasteiger partial charge is 0.303 e. The van der Waals surface area contributed by atoms with Crippen LogP contribution in [0.1, 0.15) is 53.9 Å². The van der Waals surface area contributed by atoms with Gasteiger partial charge in [0.25, 0.3) is 0 Å². The Morgan fingerprint density at radius 2 is 1.70 bits per heavy atom. The van der Waals surface area contributed by atoms with Crippen LogP contribution >= 0.6 is 0 Å². The van der Waals surface area contributed by atoms with Crippen molar-refractivity contribution in [3.63, 3.8) is 0 Å². The van der Waals surface area contributed by atoms with E-state index in [0.717, 1.165) is 6.42 Å². The van der Waals surface area contributed by atoms with Gasteiger partial charge in [-0.05, 0) is 30.1 Å². The lowest BCUT2D eigenvalue weighted by atomic mass is 9.82. The number of hydrazine groups is 1. The summed E-state index contributed by atoms with van der Waals surface area (Å²) in [5, 5.41) is 10.2. The van der Waals surface area contributed by atoms with Crippen LogP contribution in [-0.2, 0) is 9.59 Å². The topological polar surface area (TPSA) is 83.6 Å². The van der Waals surface area contributed by atoms with E-state index in [9.17, 15) is 9.59 Å². The van der Waals surface area contributed by atoms with Crippen LogP contribution in [0.15, 0.2) is 0 Å². The molecule has 0 spiro atoms. The number of carboxylic acid groups (broad SMARTS) is 1. The number of nitrogens with zero attached hydrogens (tertiary/aromatic N) is 1. The molecule has 3 N–H and O–H groups in total.